The number of nitro groups is 1. The van der Waals surface area contributed by atoms with Crippen LogP contribution in [-0.4, -0.2) is 50.7 Å². The van der Waals surface area contributed by atoms with Gasteiger partial charge in [0.15, 0.2) is 0 Å². The van der Waals surface area contributed by atoms with Gasteiger partial charge >= 0.3 is 0 Å². The molecule has 3 aromatic rings. The molecule has 0 aromatic heterocycles. The summed E-state index contributed by atoms with van der Waals surface area (Å²) in [6.07, 6.45) is 5.72. The minimum atomic E-state index is -4.38. The Kier molecular flexibility index (Phi) is 11.9. The first-order valence-electron chi connectivity index (χ1n) is 15.4. The first kappa shape index (κ1) is 34.3. The fraction of sp³-hybridized carbons (Fsp3) is 0.424. The average Bonchev–Trinajstić information content (AvgIpc) is 3.04. The molecule has 0 radical (unpaired) electrons. The van der Waals surface area contributed by atoms with E-state index < -0.39 is 20.9 Å². The number of sulfonamides is 1. The van der Waals surface area contributed by atoms with Crippen molar-refractivity contribution in [3.8, 4) is 0 Å². The van der Waals surface area contributed by atoms with Crippen LogP contribution in [0.3, 0.4) is 0 Å². The number of nitrogens with zero attached hydrogens (tertiary/aromatic N) is 2. The van der Waals surface area contributed by atoms with Crippen molar-refractivity contribution in [1.82, 2.24) is 4.72 Å². The Morgan fingerprint density at radius 3 is 2.38 bits per heavy atom. The van der Waals surface area contributed by atoms with E-state index in [-0.39, 0.29) is 27.9 Å². The Labute approximate surface area is 270 Å². The van der Waals surface area contributed by atoms with Gasteiger partial charge in [-0.05, 0) is 86.2 Å². The minimum Gasteiger partial charge on any atom is -0.376 e. The molecule has 0 bridgehead atoms. The van der Waals surface area contributed by atoms with Crippen LogP contribution in [0.2, 0.25) is 0 Å². The van der Waals surface area contributed by atoms with E-state index in [9.17, 15) is 23.3 Å². The van der Waals surface area contributed by atoms with Crippen molar-refractivity contribution in [3.63, 3.8) is 0 Å². The number of carbonyl (C=O) groups excluding carboxylic acids is 1. The van der Waals surface area contributed by atoms with Crippen molar-refractivity contribution in [3.05, 3.63) is 88.5 Å². The summed E-state index contributed by atoms with van der Waals surface area (Å²) in [5.41, 5.74) is 7.01. The van der Waals surface area contributed by atoms with Gasteiger partial charge in [-0.3, -0.25) is 14.9 Å². The smallest absolute Gasteiger partial charge is 0.293 e. The molecular weight excluding hydrogens is 611 g/mol. The van der Waals surface area contributed by atoms with Crippen LogP contribution in [0.1, 0.15) is 62.7 Å². The van der Waals surface area contributed by atoms with Crippen molar-refractivity contribution >= 4 is 44.8 Å². The lowest BCUT2D eigenvalue weighted by molar-refractivity contribution is -0.384. The standard InChI is InChI=1S/C33H43N5O5S2/c1-3-33(2)18-21-37(22-19-33)27-14-12-25(13-15-27)32(39)36-45(42,43)29-16-17-30(31(23-29)38(40)41)35-26(9-7-8-20-34)24-44-28-10-5-4-6-11-28/h4-6,10-17,23,26,35H,3,7-9,18-22,24,34H2,1-2H3,(H,36,39)/t26-/m1/s1. The maximum absolute atomic E-state index is 13.2. The Balaban J connectivity index is 1.44. The second-order valence-corrected chi connectivity index (χ2v) is 14.6. The summed E-state index contributed by atoms with van der Waals surface area (Å²) >= 11 is 1.63. The Morgan fingerprint density at radius 1 is 1.07 bits per heavy atom. The monoisotopic (exact) mass is 653 g/mol. The van der Waals surface area contributed by atoms with Gasteiger partial charge in [0, 0.05) is 47.1 Å². The number of anilines is 2. The average molecular weight is 654 g/mol. The maximum atomic E-state index is 13.2. The Morgan fingerprint density at radius 2 is 1.76 bits per heavy atom. The third kappa shape index (κ3) is 9.44. The molecule has 0 unspecified atom stereocenters. The number of nitrogens with two attached hydrogens (primary N) is 1. The number of hydrogen-bond donors (Lipinski definition) is 3. The van der Waals surface area contributed by atoms with E-state index in [2.05, 4.69) is 28.8 Å². The normalized spacial score (nSPS) is 15.3. The summed E-state index contributed by atoms with van der Waals surface area (Å²) in [7, 11) is -4.38. The van der Waals surface area contributed by atoms with Gasteiger partial charge in [0.2, 0.25) is 0 Å². The van der Waals surface area contributed by atoms with E-state index in [0.29, 0.717) is 17.7 Å². The van der Waals surface area contributed by atoms with Crippen LogP contribution in [0.5, 0.6) is 0 Å². The summed E-state index contributed by atoms with van der Waals surface area (Å²) in [5.74, 6) is -0.155. The number of unbranched alkanes of at least 4 members (excludes halogenated alkanes) is 1. The van der Waals surface area contributed by atoms with E-state index in [0.717, 1.165) is 68.3 Å². The predicted molar refractivity (Wildman–Crippen MR) is 182 cm³/mol. The number of nitro benzene ring substituents is 1. The predicted octanol–water partition coefficient (Wildman–Crippen LogP) is 6.43. The van der Waals surface area contributed by atoms with E-state index in [1.54, 1.807) is 23.9 Å². The lowest BCUT2D eigenvalue weighted by Gasteiger charge is -2.40. The highest BCUT2D eigenvalue weighted by Crippen LogP contribution is 2.36. The second-order valence-electron chi connectivity index (χ2n) is 11.8. The molecule has 10 nitrogen and oxygen atoms in total. The molecule has 1 aliphatic heterocycles. The maximum Gasteiger partial charge on any atom is 0.293 e. The number of piperidine rings is 1. The number of thioether (sulfide) groups is 1. The molecule has 4 rings (SSSR count). The lowest BCUT2D eigenvalue weighted by Crippen LogP contribution is -2.38. The highest BCUT2D eigenvalue weighted by molar-refractivity contribution is 7.99. The molecule has 0 spiro atoms. The van der Waals surface area contributed by atoms with Gasteiger partial charge in [0.25, 0.3) is 21.6 Å². The van der Waals surface area contributed by atoms with Crippen molar-refractivity contribution in [2.24, 2.45) is 11.1 Å². The number of nitrogens with one attached hydrogen (secondary N) is 2. The van der Waals surface area contributed by atoms with Gasteiger partial charge in [0.05, 0.1) is 9.82 Å². The van der Waals surface area contributed by atoms with E-state index in [4.69, 9.17) is 5.73 Å². The molecule has 1 saturated heterocycles. The first-order valence-corrected chi connectivity index (χ1v) is 17.9. The zero-order valence-electron chi connectivity index (χ0n) is 25.9. The summed E-state index contributed by atoms with van der Waals surface area (Å²) in [5, 5.41) is 15.3. The van der Waals surface area contributed by atoms with Crippen molar-refractivity contribution in [2.75, 3.05) is 35.6 Å². The Bertz CT molecular complexity index is 1540. The van der Waals surface area contributed by atoms with E-state index in [1.807, 2.05) is 42.5 Å². The lowest BCUT2D eigenvalue weighted by atomic mass is 9.78. The van der Waals surface area contributed by atoms with Crippen LogP contribution < -0.4 is 20.7 Å². The van der Waals surface area contributed by atoms with Crippen LogP contribution >= 0.6 is 11.8 Å². The van der Waals surface area contributed by atoms with Crippen LogP contribution in [-0.2, 0) is 10.0 Å². The minimum absolute atomic E-state index is 0.119. The molecule has 0 aliphatic carbocycles. The number of carbonyl (C=O) groups is 1. The van der Waals surface area contributed by atoms with Gasteiger partial charge in [0.1, 0.15) is 5.69 Å². The highest BCUT2D eigenvalue weighted by Gasteiger charge is 2.29. The molecule has 4 N–H and O–H groups in total. The van der Waals surface area contributed by atoms with Gasteiger partial charge in [-0.2, -0.15) is 0 Å². The SMILES string of the molecule is CCC1(C)CCN(c2ccc(C(=O)NS(=O)(=O)c3ccc(N[C@H](CCCCN)CSc4ccccc4)c([N+](=O)[O-])c3)cc2)CC1. The Hall–Kier alpha value is -3.61. The molecule has 242 valence electrons. The van der Waals surface area contributed by atoms with Gasteiger partial charge < -0.3 is 16.0 Å². The third-order valence-electron chi connectivity index (χ3n) is 8.58. The van der Waals surface area contributed by atoms with Gasteiger partial charge in [-0.15, -0.1) is 11.8 Å². The number of hydrogen-bond acceptors (Lipinski definition) is 9. The fourth-order valence-corrected chi connectivity index (χ4v) is 7.33. The second kappa shape index (κ2) is 15.6. The summed E-state index contributed by atoms with van der Waals surface area (Å²) in [6.45, 7) is 6.93. The molecule has 1 heterocycles. The quantitative estimate of drug-likeness (QED) is 0.0730. The summed E-state index contributed by atoms with van der Waals surface area (Å²) < 4.78 is 28.4. The van der Waals surface area contributed by atoms with Crippen LogP contribution in [0.4, 0.5) is 17.1 Å². The van der Waals surface area contributed by atoms with Gasteiger partial charge in [-0.1, -0.05) is 44.9 Å². The first-order chi connectivity index (χ1) is 21.5. The molecule has 0 saturated carbocycles. The molecule has 1 fully saturated rings. The van der Waals surface area contributed by atoms with Crippen LogP contribution in [0.25, 0.3) is 0 Å². The number of rotatable bonds is 15. The van der Waals surface area contributed by atoms with Crippen LogP contribution in [0, 0.1) is 15.5 Å². The third-order valence-corrected chi connectivity index (χ3v) is 11.1. The summed E-state index contributed by atoms with van der Waals surface area (Å²) in [6, 6.07) is 20.2. The highest BCUT2D eigenvalue weighted by atomic mass is 32.2. The number of amides is 1. The summed E-state index contributed by atoms with van der Waals surface area (Å²) in [4.78, 5) is 27.3. The molecular formula is C33H43N5O5S2. The molecule has 1 amide bonds. The van der Waals surface area contributed by atoms with E-state index in [1.165, 1.54) is 12.1 Å². The van der Waals surface area contributed by atoms with Crippen molar-refractivity contribution in [1.29, 1.82) is 0 Å². The van der Waals surface area contributed by atoms with Crippen molar-refractivity contribution in [2.45, 2.75) is 68.2 Å². The van der Waals surface area contributed by atoms with Gasteiger partial charge in [-0.25, -0.2) is 13.1 Å². The van der Waals surface area contributed by atoms with Crippen molar-refractivity contribution < 1.29 is 18.1 Å². The topological polar surface area (TPSA) is 148 Å². The molecule has 12 heteroatoms. The molecule has 3 aromatic carbocycles. The molecule has 45 heavy (non-hydrogen) atoms. The zero-order valence-corrected chi connectivity index (χ0v) is 27.5. The fourth-order valence-electron chi connectivity index (χ4n) is 5.34. The largest absolute Gasteiger partial charge is 0.376 e. The number of benzene rings is 3. The zero-order chi connectivity index (χ0) is 32.5. The van der Waals surface area contributed by atoms with Crippen LogP contribution in [0.15, 0.2) is 82.6 Å². The van der Waals surface area contributed by atoms with E-state index >= 15 is 0 Å². The molecule has 1 aliphatic rings. The molecule has 1 atom stereocenters.